The molecule has 1 aliphatic rings. The molecule has 0 aliphatic carbocycles. The van der Waals surface area contributed by atoms with Gasteiger partial charge in [-0.15, -0.1) is 0 Å². The molecule has 0 spiro atoms. The number of imide groups is 1. The van der Waals surface area contributed by atoms with Crippen LogP contribution >= 0.6 is 11.8 Å². The van der Waals surface area contributed by atoms with E-state index in [0.717, 1.165) is 27.8 Å². The van der Waals surface area contributed by atoms with Crippen LogP contribution in [0.4, 0.5) is 16.2 Å². The molecule has 0 saturated carbocycles. The van der Waals surface area contributed by atoms with Crippen LogP contribution in [-0.4, -0.2) is 29.0 Å². The predicted molar refractivity (Wildman–Crippen MR) is 99.0 cm³/mol. The van der Waals surface area contributed by atoms with E-state index in [9.17, 15) is 19.5 Å². The number of carboxylic acids is 1. The van der Waals surface area contributed by atoms with Crippen molar-refractivity contribution in [1.29, 1.82) is 0 Å². The highest BCUT2D eigenvalue weighted by Gasteiger charge is 2.44. The minimum atomic E-state index is -1.32. The van der Waals surface area contributed by atoms with Crippen molar-refractivity contribution < 1.29 is 19.5 Å². The van der Waals surface area contributed by atoms with Crippen molar-refractivity contribution in [3.05, 3.63) is 59.7 Å². The van der Waals surface area contributed by atoms with Gasteiger partial charge < -0.3 is 14.8 Å². The van der Waals surface area contributed by atoms with E-state index in [1.807, 2.05) is 32.0 Å². The van der Waals surface area contributed by atoms with Gasteiger partial charge in [-0.3, -0.25) is 9.59 Å². The van der Waals surface area contributed by atoms with Crippen LogP contribution in [0.15, 0.2) is 48.5 Å². The van der Waals surface area contributed by atoms with Crippen LogP contribution in [0.5, 0.6) is 0 Å². The standard InChI is InChI=1S/C19H18N2O4S/c1-12-6-8-14(9-7-12)21-17(24)18(26-19(21)25)20(11-16(22)23)15-5-3-4-13(2)10-15/h3-10,18H,11H2,1-2H3,(H,22,23)/p-1/t18-/m1/s1. The summed E-state index contributed by atoms with van der Waals surface area (Å²) in [7, 11) is 0. The van der Waals surface area contributed by atoms with Crippen molar-refractivity contribution in [2.75, 3.05) is 16.3 Å². The summed E-state index contributed by atoms with van der Waals surface area (Å²) >= 11 is 0.804. The molecule has 0 aromatic heterocycles. The number of carboxylic acid groups (broad SMARTS) is 1. The number of aryl methyl sites for hydroxylation is 2. The third-order valence-corrected chi connectivity index (χ3v) is 5.10. The van der Waals surface area contributed by atoms with Gasteiger partial charge in [-0.05, 0) is 55.4 Å². The molecule has 2 aromatic rings. The number of thioether (sulfide) groups is 1. The summed E-state index contributed by atoms with van der Waals surface area (Å²) in [5, 5.41) is 9.84. The van der Waals surface area contributed by atoms with E-state index in [1.54, 1.807) is 30.3 Å². The zero-order valence-electron chi connectivity index (χ0n) is 14.3. The second kappa shape index (κ2) is 7.21. The normalized spacial score (nSPS) is 16.8. The second-order valence-electron chi connectivity index (χ2n) is 6.08. The fraction of sp³-hybridized carbons (Fsp3) is 0.211. The zero-order valence-corrected chi connectivity index (χ0v) is 15.2. The highest BCUT2D eigenvalue weighted by Crippen LogP contribution is 2.35. The first-order chi connectivity index (χ1) is 12.4. The van der Waals surface area contributed by atoms with Gasteiger partial charge in [0.1, 0.15) is 0 Å². The number of carbonyl (C=O) groups is 3. The van der Waals surface area contributed by atoms with E-state index in [4.69, 9.17) is 0 Å². The van der Waals surface area contributed by atoms with Gasteiger partial charge in [0, 0.05) is 5.69 Å². The molecule has 7 heteroatoms. The lowest BCUT2D eigenvalue weighted by Gasteiger charge is -2.29. The molecule has 134 valence electrons. The molecule has 1 saturated heterocycles. The minimum Gasteiger partial charge on any atom is -0.548 e. The van der Waals surface area contributed by atoms with Gasteiger partial charge in [-0.1, -0.05) is 29.8 Å². The molecule has 3 rings (SSSR count). The topological polar surface area (TPSA) is 80.8 Å². The molecule has 2 aromatic carbocycles. The van der Waals surface area contributed by atoms with Crippen LogP contribution in [0.3, 0.4) is 0 Å². The Hall–Kier alpha value is -2.80. The molecule has 0 N–H and O–H groups in total. The van der Waals surface area contributed by atoms with Gasteiger partial charge in [0.2, 0.25) is 0 Å². The molecule has 1 heterocycles. The summed E-state index contributed by atoms with van der Waals surface area (Å²) in [5.74, 6) is -1.78. The molecule has 0 unspecified atom stereocenters. The fourth-order valence-corrected chi connectivity index (χ4v) is 3.80. The first-order valence-corrected chi connectivity index (χ1v) is 8.89. The number of amides is 2. The first kappa shape index (κ1) is 18.0. The van der Waals surface area contributed by atoms with E-state index >= 15 is 0 Å². The first-order valence-electron chi connectivity index (χ1n) is 8.01. The summed E-state index contributed by atoms with van der Waals surface area (Å²) in [6, 6.07) is 14.2. The van der Waals surface area contributed by atoms with Gasteiger partial charge in [0.25, 0.3) is 11.1 Å². The molecular weight excluding hydrogens is 352 g/mol. The van der Waals surface area contributed by atoms with E-state index < -0.39 is 29.0 Å². The van der Waals surface area contributed by atoms with Crippen LogP contribution in [0, 0.1) is 13.8 Å². The molecule has 26 heavy (non-hydrogen) atoms. The van der Waals surface area contributed by atoms with E-state index in [0.29, 0.717) is 11.4 Å². The van der Waals surface area contributed by atoms with Crippen LogP contribution in [0.2, 0.25) is 0 Å². The lowest BCUT2D eigenvalue weighted by atomic mass is 10.2. The van der Waals surface area contributed by atoms with Crippen LogP contribution < -0.4 is 14.9 Å². The van der Waals surface area contributed by atoms with Gasteiger partial charge in [-0.25, -0.2) is 4.90 Å². The number of anilines is 2. The lowest BCUT2D eigenvalue weighted by Crippen LogP contribution is -2.47. The molecule has 1 aliphatic heterocycles. The van der Waals surface area contributed by atoms with Crippen molar-refractivity contribution in [3.8, 4) is 0 Å². The maximum atomic E-state index is 12.9. The maximum Gasteiger partial charge on any atom is 0.295 e. The quantitative estimate of drug-likeness (QED) is 0.803. The molecule has 1 atom stereocenters. The SMILES string of the molecule is Cc1ccc(N2C(=O)S[C@@H](N(CC(=O)[O-])c3cccc(C)c3)C2=O)cc1. The van der Waals surface area contributed by atoms with Crippen molar-refractivity contribution in [3.63, 3.8) is 0 Å². The monoisotopic (exact) mass is 369 g/mol. The van der Waals surface area contributed by atoms with Gasteiger partial charge in [-0.2, -0.15) is 0 Å². The van der Waals surface area contributed by atoms with Crippen molar-refractivity contribution >= 4 is 40.3 Å². The third kappa shape index (κ3) is 3.57. The van der Waals surface area contributed by atoms with Crippen LogP contribution in [0.1, 0.15) is 11.1 Å². The number of benzene rings is 2. The molecule has 2 amide bonds. The summed E-state index contributed by atoms with van der Waals surface area (Å²) in [5.41, 5.74) is 2.95. The Morgan fingerprint density at radius 1 is 1.12 bits per heavy atom. The summed E-state index contributed by atoms with van der Waals surface area (Å²) in [6.45, 7) is 3.30. The minimum absolute atomic E-state index is 0.431. The summed E-state index contributed by atoms with van der Waals surface area (Å²) in [6.07, 6.45) is 0. The number of hydrogen-bond acceptors (Lipinski definition) is 6. The van der Waals surface area contributed by atoms with Gasteiger partial charge in [0.15, 0.2) is 5.37 Å². The Bertz CT molecular complexity index is 866. The highest BCUT2D eigenvalue weighted by molar-refractivity contribution is 8.16. The molecule has 0 bridgehead atoms. The van der Waals surface area contributed by atoms with Crippen molar-refractivity contribution in [2.24, 2.45) is 0 Å². The summed E-state index contributed by atoms with van der Waals surface area (Å²) < 4.78 is 0. The number of aliphatic carboxylic acids is 1. The van der Waals surface area contributed by atoms with E-state index in [1.165, 1.54) is 4.90 Å². The number of rotatable bonds is 5. The molecule has 6 nitrogen and oxygen atoms in total. The van der Waals surface area contributed by atoms with Gasteiger partial charge >= 0.3 is 0 Å². The Balaban J connectivity index is 1.95. The number of nitrogens with zero attached hydrogens (tertiary/aromatic N) is 2. The number of hydrogen-bond donors (Lipinski definition) is 0. The zero-order chi connectivity index (χ0) is 18.8. The van der Waals surface area contributed by atoms with Crippen LogP contribution in [-0.2, 0) is 9.59 Å². The van der Waals surface area contributed by atoms with Crippen molar-refractivity contribution in [1.82, 2.24) is 0 Å². The van der Waals surface area contributed by atoms with Crippen LogP contribution in [0.25, 0.3) is 0 Å². The molecule has 0 radical (unpaired) electrons. The smallest absolute Gasteiger partial charge is 0.295 e. The molecular formula is C19H17N2O4S-. The highest BCUT2D eigenvalue weighted by atomic mass is 32.2. The van der Waals surface area contributed by atoms with E-state index in [2.05, 4.69) is 0 Å². The fourth-order valence-electron chi connectivity index (χ4n) is 2.78. The largest absolute Gasteiger partial charge is 0.548 e. The van der Waals surface area contributed by atoms with Crippen molar-refractivity contribution in [2.45, 2.75) is 19.2 Å². The predicted octanol–water partition coefficient (Wildman–Crippen LogP) is 2.09. The van der Waals surface area contributed by atoms with Gasteiger partial charge in [0.05, 0.1) is 18.2 Å². The Morgan fingerprint density at radius 3 is 2.42 bits per heavy atom. The Labute approximate surface area is 155 Å². The maximum absolute atomic E-state index is 12.9. The Kier molecular flexibility index (Phi) is 4.99. The average molecular weight is 369 g/mol. The average Bonchev–Trinajstić information content (AvgIpc) is 2.88. The number of carbonyl (C=O) groups excluding carboxylic acids is 3. The second-order valence-corrected chi connectivity index (χ2v) is 7.12. The Morgan fingerprint density at radius 2 is 1.81 bits per heavy atom. The lowest BCUT2D eigenvalue weighted by molar-refractivity contribution is -0.303. The summed E-state index contributed by atoms with van der Waals surface area (Å²) in [4.78, 5) is 39.1. The molecule has 1 fully saturated rings. The third-order valence-electron chi connectivity index (χ3n) is 4.03. The van der Waals surface area contributed by atoms with E-state index in [-0.39, 0.29) is 0 Å².